The highest BCUT2D eigenvalue weighted by molar-refractivity contribution is 6.02. The Morgan fingerprint density at radius 3 is 2.90 bits per heavy atom. The fraction of sp³-hybridized carbons (Fsp3) is 0.360. The molecule has 39 heavy (non-hydrogen) atoms. The molecule has 0 fully saturated rings. The van der Waals surface area contributed by atoms with E-state index in [0.29, 0.717) is 36.8 Å². The van der Waals surface area contributed by atoms with Crippen LogP contribution in [0.1, 0.15) is 47.1 Å². The van der Waals surface area contributed by atoms with Crippen molar-refractivity contribution < 1.29 is 19.4 Å². The van der Waals surface area contributed by atoms with Crippen LogP contribution in [0.4, 0.5) is 10.6 Å². The zero-order valence-corrected chi connectivity index (χ0v) is 21.6. The van der Waals surface area contributed by atoms with Gasteiger partial charge in [0.2, 0.25) is 5.82 Å². The SMILES string of the molecule is CCn1cc(COC(=O)N2CCc3cnc(C(=O)Nc4cccc(-c5nnnn5[C@H](C)CO)n4)cc3C2)cn1. The molecule has 14 heteroatoms. The first-order chi connectivity index (χ1) is 18.9. The second kappa shape index (κ2) is 11.3. The molecule has 4 aromatic rings. The molecule has 2 amide bonds. The number of aromatic nitrogens is 8. The van der Waals surface area contributed by atoms with Crippen LogP contribution in [0.2, 0.25) is 0 Å². The minimum atomic E-state index is -0.446. The summed E-state index contributed by atoms with van der Waals surface area (Å²) >= 11 is 0. The Hall–Kier alpha value is -4.72. The molecule has 0 radical (unpaired) electrons. The van der Waals surface area contributed by atoms with Crippen molar-refractivity contribution in [2.45, 2.75) is 46.0 Å². The van der Waals surface area contributed by atoms with Crippen molar-refractivity contribution in [1.82, 2.24) is 44.9 Å². The number of hydrogen-bond acceptors (Lipinski definition) is 10. The van der Waals surface area contributed by atoms with Gasteiger partial charge in [0.05, 0.1) is 18.8 Å². The van der Waals surface area contributed by atoms with Crippen molar-refractivity contribution in [3.8, 4) is 11.5 Å². The summed E-state index contributed by atoms with van der Waals surface area (Å²) in [7, 11) is 0. The lowest BCUT2D eigenvalue weighted by Gasteiger charge is -2.28. The molecule has 1 aliphatic heterocycles. The van der Waals surface area contributed by atoms with Gasteiger partial charge in [-0.1, -0.05) is 6.07 Å². The molecule has 2 N–H and O–H groups in total. The molecule has 0 spiro atoms. The number of fused-ring (bicyclic) bond motifs is 1. The molecule has 5 heterocycles. The van der Waals surface area contributed by atoms with Gasteiger partial charge in [0.1, 0.15) is 23.8 Å². The molecule has 1 atom stereocenters. The van der Waals surface area contributed by atoms with Crippen LogP contribution >= 0.6 is 0 Å². The summed E-state index contributed by atoms with van der Waals surface area (Å²) in [6, 6.07) is 6.42. The number of aliphatic hydroxyl groups is 1. The van der Waals surface area contributed by atoms with Crippen molar-refractivity contribution in [3.05, 3.63) is 65.2 Å². The Kier molecular flexibility index (Phi) is 7.54. The summed E-state index contributed by atoms with van der Waals surface area (Å²) in [4.78, 5) is 36.1. The van der Waals surface area contributed by atoms with Gasteiger partial charge in [-0.2, -0.15) is 5.10 Å². The predicted octanol–water partition coefficient (Wildman–Crippen LogP) is 1.85. The fourth-order valence-corrected chi connectivity index (χ4v) is 4.15. The smallest absolute Gasteiger partial charge is 0.410 e. The van der Waals surface area contributed by atoms with Crippen LogP contribution in [0, 0.1) is 0 Å². The number of rotatable bonds is 8. The van der Waals surface area contributed by atoms with E-state index < -0.39 is 12.0 Å². The lowest BCUT2D eigenvalue weighted by molar-refractivity contribution is 0.0918. The van der Waals surface area contributed by atoms with E-state index in [4.69, 9.17) is 4.74 Å². The van der Waals surface area contributed by atoms with Crippen LogP contribution in [-0.4, -0.2) is 75.1 Å². The number of nitrogens with one attached hydrogen (secondary N) is 1. The number of hydrogen-bond donors (Lipinski definition) is 2. The van der Waals surface area contributed by atoms with Gasteiger partial charge >= 0.3 is 6.09 Å². The lowest BCUT2D eigenvalue weighted by atomic mass is 10.0. The van der Waals surface area contributed by atoms with Gasteiger partial charge < -0.3 is 20.1 Å². The molecule has 14 nitrogen and oxygen atoms in total. The first-order valence-electron chi connectivity index (χ1n) is 12.5. The standard InChI is InChI=1S/C25H28N10O4/c1-3-34-12-17(10-27-34)15-39-25(38)33-8-7-18-11-26-21(9-19(18)13-33)24(37)29-22-6-4-5-20(28-22)23-30-31-32-35(23)16(2)14-36/h4-6,9-12,16,36H,3,7-8,13-15H2,1-2H3,(H,28,29,37)/t16-/m1/s1. The molecule has 0 aromatic carbocycles. The third-order valence-electron chi connectivity index (χ3n) is 6.35. The van der Waals surface area contributed by atoms with Crippen LogP contribution in [0.25, 0.3) is 11.5 Å². The summed E-state index contributed by atoms with van der Waals surface area (Å²) in [5, 5.41) is 28.0. The van der Waals surface area contributed by atoms with E-state index in [1.165, 1.54) is 4.68 Å². The lowest BCUT2D eigenvalue weighted by Crippen LogP contribution is -2.36. The molecule has 4 aromatic heterocycles. The van der Waals surface area contributed by atoms with Crippen LogP contribution in [0.5, 0.6) is 0 Å². The van der Waals surface area contributed by atoms with Crippen molar-refractivity contribution in [2.75, 3.05) is 18.5 Å². The van der Waals surface area contributed by atoms with Gasteiger partial charge in [-0.3, -0.25) is 14.5 Å². The third-order valence-corrected chi connectivity index (χ3v) is 6.35. The maximum atomic E-state index is 13.0. The Morgan fingerprint density at radius 1 is 1.23 bits per heavy atom. The van der Waals surface area contributed by atoms with E-state index in [0.717, 1.165) is 23.2 Å². The number of pyridine rings is 2. The molecule has 0 saturated heterocycles. The second-order valence-corrected chi connectivity index (χ2v) is 9.11. The van der Waals surface area contributed by atoms with Crippen LogP contribution in [0.15, 0.2) is 42.9 Å². The van der Waals surface area contributed by atoms with Gasteiger partial charge in [0.15, 0.2) is 0 Å². The van der Waals surface area contributed by atoms with E-state index in [-0.39, 0.29) is 24.9 Å². The van der Waals surface area contributed by atoms with Crippen molar-refractivity contribution in [1.29, 1.82) is 0 Å². The largest absolute Gasteiger partial charge is 0.444 e. The summed E-state index contributed by atoms with van der Waals surface area (Å²) < 4.78 is 8.71. The number of carbonyl (C=O) groups is 2. The monoisotopic (exact) mass is 532 g/mol. The zero-order valence-electron chi connectivity index (χ0n) is 21.6. The minimum Gasteiger partial charge on any atom is -0.444 e. The van der Waals surface area contributed by atoms with Crippen LogP contribution in [-0.2, 0) is 30.9 Å². The molecule has 0 unspecified atom stereocenters. The van der Waals surface area contributed by atoms with E-state index >= 15 is 0 Å². The molecule has 1 aliphatic rings. The van der Waals surface area contributed by atoms with Crippen molar-refractivity contribution >= 4 is 17.8 Å². The Morgan fingerprint density at radius 2 is 2.10 bits per heavy atom. The minimum absolute atomic E-state index is 0.141. The van der Waals surface area contributed by atoms with E-state index in [1.54, 1.807) is 53.2 Å². The van der Waals surface area contributed by atoms with E-state index in [2.05, 4.69) is 35.9 Å². The van der Waals surface area contributed by atoms with E-state index in [1.807, 2.05) is 13.1 Å². The maximum Gasteiger partial charge on any atom is 0.410 e. The quantitative estimate of drug-likeness (QED) is 0.342. The molecule has 202 valence electrons. The average Bonchev–Trinajstić information content (AvgIpc) is 3.65. The molecule has 0 saturated carbocycles. The van der Waals surface area contributed by atoms with Crippen molar-refractivity contribution in [3.63, 3.8) is 0 Å². The first-order valence-corrected chi connectivity index (χ1v) is 12.5. The number of amides is 2. The van der Waals surface area contributed by atoms with Crippen molar-refractivity contribution in [2.24, 2.45) is 0 Å². The summed E-state index contributed by atoms with van der Waals surface area (Å²) in [5.41, 5.74) is 3.26. The predicted molar refractivity (Wildman–Crippen MR) is 137 cm³/mol. The second-order valence-electron chi connectivity index (χ2n) is 9.11. The highest BCUT2D eigenvalue weighted by atomic mass is 16.6. The number of tetrazole rings is 1. The van der Waals surface area contributed by atoms with Gasteiger partial charge in [0.25, 0.3) is 5.91 Å². The highest BCUT2D eigenvalue weighted by Gasteiger charge is 2.24. The number of anilines is 1. The number of ether oxygens (including phenoxy) is 1. The van der Waals surface area contributed by atoms with Gasteiger partial charge in [0, 0.05) is 37.6 Å². The number of nitrogens with zero attached hydrogens (tertiary/aromatic N) is 9. The van der Waals surface area contributed by atoms with Crippen LogP contribution < -0.4 is 5.32 Å². The number of carbonyl (C=O) groups excluding carboxylic acids is 2. The summed E-state index contributed by atoms with van der Waals surface area (Å²) in [6.07, 6.45) is 5.38. The molecule has 0 bridgehead atoms. The molecular weight excluding hydrogens is 504 g/mol. The number of aryl methyl sites for hydroxylation is 1. The average molecular weight is 533 g/mol. The Labute approximate surface area is 223 Å². The number of aliphatic hydroxyl groups excluding tert-OH is 1. The molecule has 5 rings (SSSR count). The third kappa shape index (κ3) is 5.75. The maximum absolute atomic E-state index is 13.0. The van der Waals surface area contributed by atoms with Gasteiger partial charge in [-0.25, -0.2) is 14.5 Å². The topological polar surface area (TPSA) is 166 Å². The Balaban J connectivity index is 1.24. The fourth-order valence-electron chi connectivity index (χ4n) is 4.15. The normalized spacial score (nSPS) is 13.6. The zero-order chi connectivity index (χ0) is 27.4. The molecular formula is C25H28N10O4. The highest BCUT2D eigenvalue weighted by Crippen LogP contribution is 2.22. The van der Waals surface area contributed by atoms with E-state index in [9.17, 15) is 14.7 Å². The Bertz CT molecular complexity index is 1480. The summed E-state index contributed by atoms with van der Waals surface area (Å²) in [6.45, 7) is 5.31. The summed E-state index contributed by atoms with van der Waals surface area (Å²) in [5.74, 6) is 0.212. The van der Waals surface area contributed by atoms with Gasteiger partial charge in [-0.15, -0.1) is 5.10 Å². The van der Waals surface area contributed by atoms with Crippen LogP contribution in [0.3, 0.4) is 0 Å². The first kappa shape index (κ1) is 25.9. The molecule has 0 aliphatic carbocycles. The van der Waals surface area contributed by atoms with Gasteiger partial charge in [-0.05, 0) is 60.0 Å².